The van der Waals surface area contributed by atoms with E-state index in [1.54, 1.807) is 6.07 Å². The fraction of sp³-hybridized carbons (Fsp3) is 0.520. The molecule has 0 bridgehead atoms. The van der Waals surface area contributed by atoms with Crippen LogP contribution >= 0.6 is 0 Å². The molecular formula is C25H30F3N5O3. The van der Waals surface area contributed by atoms with Crippen molar-refractivity contribution in [1.29, 1.82) is 5.26 Å². The fourth-order valence-electron chi connectivity index (χ4n) is 4.03. The van der Waals surface area contributed by atoms with Crippen LogP contribution in [0.5, 0.6) is 5.75 Å². The number of esters is 1. The van der Waals surface area contributed by atoms with Gasteiger partial charge < -0.3 is 20.1 Å². The SMILES string of the molecule is CC(C)(C)OC(=O)CC1CCC(Nc2nc(NCc3ccccc3OC(F)(F)F)ncc2C#N)CC1. The first-order chi connectivity index (χ1) is 16.9. The smallest absolute Gasteiger partial charge is 0.460 e. The molecule has 0 amide bonds. The predicted octanol–water partition coefficient (Wildman–Crippen LogP) is 5.56. The lowest BCUT2D eigenvalue weighted by Gasteiger charge is -2.30. The maximum absolute atomic E-state index is 12.7. The third-order valence-corrected chi connectivity index (χ3v) is 5.61. The number of carbonyl (C=O) groups excluding carboxylic acids is 1. The number of hydrogen-bond donors (Lipinski definition) is 2. The highest BCUT2D eigenvalue weighted by Crippen LogP contribution is 2.30. The van der Waals surface area contributed by atoms with Crippen LogP contribution in [0.3, 0.4) is 0 Å². The zero-order valence-electron chi connectivity index (χ0n) is 20.5. The van der Waals surface area contributed by atoms with Crippen molar-refractivity contribution in [3.05, 3.63) is 41.6 Å². The number of nitrogens with one attached hydrogen (secondary N) is 2. The van der Waals surface area contributed by atoms with E-state index in [0.29, 0.717) is 12.2 Å². The molecule has 0 aliphatic heterocycles. The van der Waals surface area contributed by atoms with E-state index < -0.39 is 12.0 Å². The number of anilines is 2. The minimum Gasteiger partial charge on any atom is -0.460 e. The molecule has 36 heavy (non-hydrogen) atoms. The van der Waals surface area contributed by atoms with Gasteiger partial charge in [0, 0.05) is 24.6 Å². The minimum absolute atomic E-state index is 0.00658. The Morgan fingerprint density at radius 2 is 1.86 bits per heavy atom. The van der Waals surface area contributed by atoms with Crippen LogP contribution < -0.4 is 15.4 Å². The summed E-state index contributed by atoms with van der Waals surface area (Å²) >= 11 is 0. The van der Waals surface area contributed by atoms with Crippen molar-refractivity contribution >= 4 is 17.7 Å². The summed E-state index contributed by atoms with van der Waals surface area (Å²) in [5, 5.41) is 15.6. The van der Waals surface area contributed by atoms with E-state index in [9.17, 15) is 23.2 Å². The summed E-state index contributed by atoms with van der Waals surface area (Å²) in [5.74, 6) is 0.254. The van der Waals surface area contributed by atoms with Crippen LogP contribution in [-0.4, -0.2) is 33.9 Å². The van der Waals surface area contributed by atoms with Gasteiger partial charge in [-0.3, -0.25) is 4.79 Å². The average molecular weight is 506 g/mol. The van der Waals surface area contributed by atoms with Gasteiger partial charge in [0.25, 0.3) is 0 Å². The monoisotopic (exact) mass is 505 g/mol. The number of aromatic nitrogens is 2. The van der Waals surface area contributed by atoms with Crippen LogP contribution in [0.4, 0.5) is 24.9 Å². The highest BCUT2D eigenvalue weighted by atomic mass is 19.4. The van der Waals surface area contributed by atoms with E-state index in [1.807, 2.05) is 20.8 Å². The molecule has 0 saturated heterocycles. The van der Waals surface area contributed by atoms with Gasteiger partial charge in [-0.1, -0.05) is 18.2 Å². The lowest BCUT2D eigenvalue weighted by molar-refractivity contribution is -0.274. The van der Waals surface area contributed by atoms with E-state index >= 15 is 0 Å². The molecule has 1 aromatic carbocycles. The Bertz CT molecular complexity index is 1090. The van der Waals surface area contributed by atoms with Gasteiger partial charge in [-0.2, -0.15) is 10.2 Å². The number of benzene rings is 1. The summed E-state index contributed by atoms with van der Waals surface area (Å²) in [5.41, 5.74) is 0.0354. The topological polar surface area (TPSA) is 109 Å². The van der Waals surface area contributed by atoms with Crippen molar-refractivity contribution < 1.29 is 27.4 Å². The molecule has 1 fully saturated rings. The number of rotatable bonds is 8. The lowest BCUT2D eigenvalue weighted by atomic mass is 9.84. The number of alkyl halides is 3. The molecular weight excluding hydrogens is 475 g/mol. The van der Waals surface area contributed by atoms with Gasteiger partial charge in [-0.05, 0) is 58.4 Å². The molecule has 1 aromatic heterocycles. The molecule has 0 radical (unpaired) electrons. The Morgan fingerprint density at radius 3 is 2.50 bits per heavy atom. The van der Waals surface area contributed by atoms with Crippen LogP contribution in [-0.2, 0) is 16.1 Å². The molecule has 2 aromatic rings. The first-order valence-corrected chi connectivity index (χ1v) is 11.7. The summed E-state index contributed by atoms with van der Waals surface area (Å²) in [6, 6.07) is 7.92. The number of hydrogen-bond acceptors (Lipinski definition) is 8. The number of para-hydroxylation sites is 1. The number of ether oxygens (including phenoxy) is 2. The van der Waals surface area contributed by atoms with Gasteiger partial charge >= 0.3 is 12.3 Å². The van der Waals surface area contributed by atoms with Crippen LogP contribution in [0.1, 0.15) is 64.0 Å². The quantitative estimate of drug-likeness (QED) is 0.449. The third-order valence-electron chi connectivity index (χ3n) is 5.61. The summed E-state index contributed by atoms with van der Waals surface area (Å²) in [6.45, 7) is 5.53. The van der Waals surface area contributed by atoms with E-state index in [1.165, 1.54) is 24.4 Å². The first kappa shape index (κ1) is 27.0. The molecule has 1 saturated carbocycles. The normalized spacial score (nSPS) is 18.1. The second kappa shape index (κ2) is 11.5. The molecule has 194 valence electrons. The molecule has 1 heterocycles. The molecule has 0 atom stereocenters. The molecule has 1 aliphatic rings. The highest BCUT2D eigenvalue weighted by molar-refractivity contribution is 5.70. The summed E-state index contributed by atoms with van der Waals surface area (Å²) in [7, 11) is 0. The number of nitrogens with zero attached hydrogens (tertiary/aromatic N) is 3. The van der Waals surface area contributed by atoms with Crippen molar-refractivity contribution in [3.8, 4) is 11.8 Å². The van der Waals surface area contributed by atoms with Crippen LogP contribution in [0.2, 0.25) is 0 Å². The highest BCUT2D eigenvalue weighted by Gasteiger charge is 2.32. The second-order valence-corrected chi connectivity index (χ2v) is 9.73. The van der Waals surface area contributed by atoms with Crippen molar-refractivity contribution in [2.45, 2.75) is 77.4 Å². The zero-order valence-corrected chi connectivity index (χ0v) is 20.5. The summed E-state index contributed by atoms with van der Waals surface area (Å²) < 4.78 is 47.5. The second-order valence-electron chi connectivity index (χ2n) is 9.73. The first-order valence-electron chi connectivity index (χ1n) is 11.7. The largest absolute Gasteiger partial charge is 0.573 e. The fourth-order valence-corrected chi connectivity index (χ4v) is 4.03. The van der Waals surface area contributed by atoms with Crippen LogP contribution in [0.15, 0.2) is 30.5 Å². The van der Waals surface area contributed by atoms with Gasteiger partial charge in [-0.15, -0.1) is 13.2 Å². The minimum atomic E-state index is -4.80. The van der Waals surface area contributed by atoms with Gasteiger partial charge in [0.2, 0.25) is 5.95 Å². The van der Waals surface area contributed by atoms with E-state index in [-0.39, 0.29) is 47.3 Å². The van der Waals surface area contributed by atoms with Gasteiger partial charge in [0.15, 0.2) is 0 Å². The van der Waals surface area contributed by atoms with E-state index in [0.717, 1.165) is 25.7 Å². The maximum atomic E-state index is 12.7. The summed E-state index contributed by atoms with van der Waals surface area (Å²) in [6.07, 6.45) is 0.221. The molecule has 1 aliphatic carbocycles. The number of nitriles is 1. The Balaban J connectivity index is 1.59. The molecule has 8 nitrogen and oxygen atoms in total. The maximum Gasteiger partial charge on any atom is 0.573 e. The molecule has 2 N–H and O–H groups in total. The molecule has 0 spiro atoms. The van der Waals surface area contributed by atoms with Crippen molar-refractivity contribution in [2.24, 2.45) is 5.92 Å². The van der Waals surface area contributed by atoms with E-state index in [2.05, 4.69) is 31.4 Å². The van der Waals surface area contributed by atoms with Crippen LogP contribution in [0.25, 0.3) is 0 Å². The zero-order chi connectivity index (χ0) is 26.3. The van der Waals surface area contributed by atoms with Crippen molar-refractivity contribution in [2.75, 3.05) is 10.6 Å². The Kier molecular flexibility index (Phi) is 8.61. The van der Waals surface area contributed by atoms with Gasteiger partial charge in [-0.25, -0.2) is 4.98 Å². The summed E-state index contributed by atoms with van der Waals surface area (Å²) in [4.78, 5) is 20.6. The predicted molar refractivity (Wildman–Crippen MR) is 127 cm³/mol. The standard InChI is InChI=1S/C25H30F3N5O3/c1-24(2,3)36-21(34)12-16-8-10-19(11-9-16)32-22-18(13-29)15-31-23(33-22)30-14-17-6-4-5-7-20(17)35-25(26,27)28/h4-7,15-16,19H,8-12,14H2,1-3H3,(H2,30,31,32,33). The Labute approximate surface area is 208 Å². The average Bonchev–Trinajstić information content (AvgIpc) is 2.78. The third kappa shape index (κ3) is 8.59. The molecule has 11 heteroatoms. The van der Waals surface area contributed by atoms with Gasteiger partial charge in [0.1, 0.15) is 28.8 Å². The number of carbonyl (C=O) groups is 1. The van der Waals surface area contributed by atoms with Gasteiger partial charge in [0.05, 0.1) is 6.20 Å². The lowest BCUT2D eigenvalue weighted by Crippen LogP contribution is -2.30. The number of halogens is 3. The van der Waals surface area contributed by atoms with E-state index in [4.69, 9.17) is 4.74 Å². The molecule has 3 rings (SSSR count). The molecule has 0 unspecified atom stereocenters. The van der Waals surface area contributed by atoms with Crippen molar-refractivity contribution in [1.82, 2.24) is 9.97 Å². The Hall–Kier alpha value is -3.55. The van der Waals surface area contributed by atoms with Crippen molar-refractivity contribution in [3.63, 3.8) is 0 Å². The van der Waals surface area contributed by atoms with Crippen LogP contribution in [0, 0.1) is 17.2 Å². The Morgan fingerprint density at radius 1 is 1.17 bits per heavy atom.